The zero-order valence-corrected chi connectivity index (χ0v) is 16.0. The molecular formula is C20H27N3O3. The summed E-state index contributed by atoms with van der Waals surface area (Å²) in [6.07, 6.45) is 1.99. The predicted molar refractivity (Wildman–Crippen MR) is 99.9 cm³/mol. The van der Waals surface area contributed by atoms with Crippen LogP contribution in [0.1, 0.15) is 34.6 Å². The predicted octanol–water partition coefficient (Wildman–Crippen LogP) is 3.07. The van der Waals surface area contributed by atoms with Gasteiger partial charge in [-0.15, -0.1) is 0 Å². The third kappa shape index (κ3) is 3.84. The van der Waals surface area contributed by atoms with Crippen molar-refractivity contribution in [1.82, 2.24) is 14.7 Å². The standard InChI is InChI=1S/C20H27N3O3/c1-14-11-15(2)23(21-14)13-16-7-9-22(10-8-16)20(24)17-5-6-18(25-3)19(12-17)26-4/h5-6,11-12,16H,7-10,13H2,1-4H3. The average Bonchev–Trinajstić information content (AvgIpc) is 2.98. The van der Waals surface area contributed by atoms with Crippen molar-refractivity contribution < 1.29 is 14.3 Å². The summed E-state index contributed by atoms with van der Waals surface area (Å²) in [7, 11) is 3.17. The van der Waals surface area contributed by atoms with Crippen LogP contribution in [0.3, 0.4) is 0 Å². The van der Waals surface area contributed by atoms with E-state index in [1.165, 1.54) is 5.69 Å². The lowest BCUT2D eigenvalue weighted by Gasteiger charge is -2.32. The van der Waals surface area contributed by atoms with Crippen molar-refractivity contribution in [3.8, 4) is 11.5 Å². The van der Waals surface area contributed by atoms with Gasteiger partial charge in [-0.1, -0.05) is 0 Å². The van der Waals surface area contributed by atoms with Crippen LogP contribution in [0.4, 0.5) is 0 Å². The molecule has 1 aliphatic heterocycles. The Kier molecular flexibility index (Phi) is 5.49. The topological polar surface area (TPSA) is 56.6 Å². The number of hydrogen-bond acceptors (Lipinski definition) is 4. The van der Waals surface area contributed by atoms with Gasteiger partial charge in [0.2, 0.25) is 0 Å². The van der Waals surface area contributed by atoms with Crippen LogP contribution in [-0.4, -0.2) is 47.9 Å². The second-order valence-electron chi connectivity index (χ2n) is 6.91. The number of carbonyl (C=O) groups is 1. The van der Waals surface area contributed by atoms with E-state index >= 15 is 0 Å². The van der Waals surface area contributed by atoms with Crippen molar-refractivity contribution in [2.75, 3.05) is 27.3 Å². The van der Waals surface area contributed by atoms with Crippen LogP contribution in [0, 0.1) is 19.8 Å². The molecule has 1 amide bonds. The molecule has 6 heteroatoms. The number of piperidine rings is 1. The largest absolute Gasteiger partial charge is 0.493 e. The molecule has 0 spiro atoms. The minimum absolute atomic E-state index is 0.0514. The van der Waals surface area contributed by atoms with Crippen molar-refractivity contribution in [2.45, 2.75) is 33.2 Å². The summed E-state index contributed by atoms with van der Waals surface area (Å²) in [5.41, 5.74) is 2.90. The Morgan fingerprint density at radius 1 is 1.12 bits per heavy atom. The van der Waals surface area contributed by atoms with E-state index in [4.69, 9.17) is 9.47 Å². The molecule has 0 aliphatic carbocycles. The first-order valence-corrected chi connectivity index (χ1v) is 9.04. The lowest BCUT2D eigenvalue weighted by atomic mass is 9.96. The first-order valence-electron chi connectivity index (χ1n) is 9.04. The summed E-state index contributed by atoms with van der Waals surface area (Å²) in [5.74, 6) is 1.82. The molecule has 6 nitrogen and oxygen atoms in total. The van der Waals surface area contributed by atoms with Gasteiger partial charge in [-0.2, -0.15) is 5.10 Å². The number of hydrogen-bond donors (Lipinski definition) is 0. The Labute approximate surface area is 154 Å². The Morgan fingerprint density at radius 2 is 1.81 bits per heavy atom. The van der Waals surface area contributed by atoms with Crippen LogP contribution in [0.2, 0.25) is 0 Å². The summed E-state index contributed by atoms with van der Waals surface area (Å²) in [6.45, 7) is 6.59. The monoisotopic (exact) mass is 357 g/mol. The molecule has 0 saturated carbocycles. The quantitative estimate of drug-likeness (QED) is 0.825. The van der Waals surface area contributed by atoms with Gasteiger partial charge in [-0.3, -0.25) is 9.48 Å². The maximum Gasteiger partial charge on any atom is 0.253 e. The first kappa shape index (κ1) is 18.3. The Bertz CT molecular complexity index is 777. The Balaban J connectivity index is 1.60. The molecule has 1 saturated heterocycles. The summed E-state index contributed by atoms with van der Waals surface area (Å²) < 4.78 is 12.6. The highest BCUT2D eigenvalue weighted by atomic mass is 16.5. The zero-order chi connectivity index (χ0) is 18.7. The van der Waals surface area contributed by atoms with Crippen LogP contribution in [0.15, 0.2) is 24.3 Å². The summed E-state index contributed by atoms with van der Waals surface area (Å²) in [4.78, 5) is 14.7. The molecule has 0 atom stereocenters. The minimum atomic E-state index is 0.0514. The molecule has 1 fully saturated rings. The molecule has 0 bridgehead atoms. The van der Waals surface area contributed by atoms with E-state index in [-0.39, 0.29) is 5.91 Å². The lowest BCUT2D eigenvalue weighted by molar-refractivity contribution is 0.0680. The molecule has 1 aliphatic rings. The molecule has 0 unspecified atom stereocenters. The number of nitrogens with zero attached hydrogens (tertiary/aromatic N) is 3. The molecule has 2 aromatic rings. The molecule has 1 aromatic carbocycles. The molecule has 0 radical (unpaired) electrons. The third-order valence-corrected chi connectivity index (χ3v) is 5.07. The van der Waals surface area contributed by atoms with Gasteiger partial charge in [0, 0.05) is 30.9 Å². The van der Waals surface area contributed by atoms with E-state index in [2.05, 4.69) is 22.8 Å². The number of methoxy groups -OCH3 is 2. The molecular weight excluding hydrogens is 330 g/mol. The Hall–Kier alpha value is -2.50. The SMILES string of the molecule is COc1ccc(C(=O)N2CCC(Cn3nc(C)cc3C)CC2)cc1OC. The molecule has 0 N–H and O–H groups in total. The average molecular weight is 357 g/mol. The fourth-order valence-corrected chi connectivity index (χ4v) is 3.57. The van der Waals surface area contributed by atoms with Gasteiger partial charge in [-0.25, -0.2) is 0 Å². The zero-order valence-electron chi connectivity index (χ0n) is 16.0. The first-order chi connectivity index (χ1) is 12.5. The number of aromatic nitrogens is 2. The van der Waals surface area contributed by atoms with Gasteiger partial charge in [0.1, 0.15) is 0 Å². The van der Waals surface area contributed by atoms with Gasteiger partial charge < -0.3 is 14.4 Å². The fraction of sp³-hybridized carbons (Fsp3) is 0.500. The normalized spacial score (nSPS) is 15.2. The maximum absolute atomic E-state index is 12.8. The van der Waals surface area contributed by atoms with Crippen LogP contribution in [0.25, 0.3) is 0 Å². The minimum Gasteiger partial charge on any atom is -0.493 e. The smallest absolute Gasteiger partial charge is 0.253 e. The van der Waals surface area contributed by atoms with Crippen molar-refractivity contribution in [1.29, 1.82) is 0 Å². The Morgan fingerprint density at radius 3 is 2.38 bits per heavy atom. The van der Waals surface area contributed by atoms with Crippen molar-refractivity contribution in [3.05, 3.63) is 41.2 Å². The summed E-state index contributed by atoms with van der Waals surface area (Å²) in [5, 5.41) is 4.55. The number of aryl methyl sites for hydroxylation is 2. The number of rotatable bonds is 5. The highest BCUT2D eigenvalue weighted by Gasteiger charge is 2.25. The van der Waals surface area contributed by atoms with Crippen LogP contribution < -0.4 is 9.47 Å². The van der Waals surface area contributed by atoms with Crippen molar-refractivity contribution >= 4 is 5.91 Å². The van der Waals surface area contributed by atoms with E-state index < -0.39 is 0 Å². The molecule has 3 rings (SSSR count). The second kappa shape index (κ2) is 7.81. The van der Waals surface area contributed by atoms with Gasteiger partial charge in [-0.05, 0) is 56.9 Å². The molecule has 1 aromatic heterocycles. The number of benzene rings is 1. The van der Waals surface area contributed by atoms with E-state index in [0.717, 1.165) is 38.2 Å². The summed E-state index contributed by atoms with van der Waals surface area (Å²) >= 11 is 0. The van der Waals surface area contributed by atoms with Gasteiger partial charge in [0.15, 0.2) is 11.5 Å². The maximum atomic E-state index is 12.8. The van der Waals surface area contributed by atoms with Gasteiger partial charge in [0.05, 0.1) is 19.9 Å². The number of ether oxygens (including phenoxy) is 2. The van der Waals surface area contributed by atoms with Gasteiger partial charge in [0.25, 0.3) is 5.91 Å². The van der Waals surface area contributed by atoms with Crippen LogP contribution in [-0.2, 0) is 6.54 Å². The van der Waals surface area contributed by atoms with E-state index in [0.29, 0.717) is 23.0 Å². The van der Waals surface area contributed by atoms with Crippen molar-refractivity contribution in [2.24, 2.45) is 5.92 Å². The highest BCUT2D eigenvalue weighted by molar-refractivity contribution is 5.95. The summed E-state index contributed by atoms with van der Waals surface area (Å²) in [6, 6.07) is 7.44. The number of amides is 1. The third-order valence-electron chi connectivity index (χ3n) is 5.07. The van der Waals surface area contributed by atoms with Crippen molar-refractivity contribution in [3.63, 3.8) is 0 Å². The van der Waals surface area contributed by atoms with E-state index in [1.54, 1.807) is 32.4 Å². The number of carbonyl (C=O) groups excluding carboxylic acids is 1. The fourth-order valence-electron chi connectivity index (χ4n) is 3.57. The molecule has 26 heavy (non-hydrogen) atoms. The van der Waals surface area contributed by atoms with Crippen LogP contribution in [0.5, 0.6) is 11.5 Å². The lowest BCUT2D eigenvalue weighted by Crippen LogP contribution is -2.39. The van der Waals surface area contributed by atoms with E-state index in [9.17, 15) is 4.79 Å². The molecule has 140 valence electrons. The van der Waals surface area contributed by atoms with Gasteiger partial charge >= 0.3 is 0 Å². The second-order valence-corrected chi connectivity index (χ2v) is 6.91. The number of likely N-dealkylation sites (tertiary alicyclic amines) is 1. The highest BCUT2D eigenvalue weighted by Crippen LogP contribution is 2.29. The molecule has 2 heterocycles. The van der Waals surface area contributed by atoms with Crippen LogP contribution >= 0.6 is 0 Å². The van der Waals surface area contributed by atoms with E-state index in [1.807, 2.05) is 11.8 Å².